The second-order valence-electron chi connectivity index (χ2n) is 6.71. The van der Waals surface area contributed by atoms with E-state index >= 15 is 0 Å². The molecule has 0 aromatic carbocycles. The van der Waals surface area contributed by atoms with Crippen molar-refractivity contribution in [2.45, 2.75) is 32.6 Å². The molecule has 3 heteroatoms. The van der Waals surface area contributed by atoms with Crippen LogP contribution >= 0.6 is 0 Å². The van der Waals surface area contributed by atoms with E-state index in [0.29, 0.717) is 5.92 Å². The normalized spacial score (nSPS) is 13.7. The van der Waals surface area contributed by atoms with E-state index in [1.165, 1.54) is 33.5 Å². The summed E-state index contributed by atoms with van der Waals surface area (Å²) in [6, 6.07) is 8.41. The maximum Gasteiger partial charge on any atom is 0.0934 e. The lowest BCUT2D eigenvalue weighted by Crippen LogP contribution is -2.03. The van der Waals surface area contributed by atoms with Gasteiger partial charge in [-0.15, -0.1) is 0 Å². The second kappa shape index (κ2) is 4.48. The van der Waals surface area contributed by atoms with Gasteiger partial charge in [0.25, 0.3) is 0 Å². The van der Waals surface area contributed by atoms with Crippen LogP contribution in [0.2, 0.25) is 0 Å². The van der Waals surface area contributed by atoms with Crippen molar-refractivity contribution in [3.8, 4) is 22.6 Å². The van der Waals surface area contributed by atoms with Crippen LogP contribution in [-0.2, 0) is 12.8 Å². The molecule has 0 saturated heterocycles. The molecule has 5 rings (SSSR count). The topological polar surface area (TPSA) is 38.7 Å². The monoisotopic (exact) mass is 299 g/mol. The van der Waals surface area contributed by atoms with Gasteiger partial charge in [-0.2, -0.15) is 0 Å². The molecule has 0 bridgehead atoms. The van der Waals surface area contributed by atoms with Gasteiger partial charge >= 0.3 is 0 Å². The Kier molecular flexibility index (Phi) is 2.52. The van der Waals surface area contributed by atoms with Crippen molar-refractivity contribution in [3.63, 3.8) is 0 Å². The highest BCUT2D eigenvalue weighted by atomic mass is 14.8. The summed E-state index contributed by atoms with van der Waals surface area (Å²) >= 11 is 0. The third-order valence-electron chi connectivity index (χ3n) is 4.96. The van der Waals surface area contributed by atoms with Gasteiger partial charge in [0.05, 0.1) is 17.1 Å². The quantitative estimate of drug-likeness (QED) is 0.467. The van der Waals surface area contributed by atoms with Crippen LogP contribution in [-0.4, -0.2) is 15.0 Å². The Balaban J connectivity index is 1.87. The molecule has 0 aliphatic heterocycles. The molecule has 3 nitrogen and oxygen atoms in total. The minimum atomic E-state index is 0.399. The van der Waals surface area contributed by atoms with Crippen molar-refractivity contribution in [2.75, 3.05) is 0 Å². The van der Waals surface area contributed by atoms with E-state index in [4.69, 9.17) is 9.97 Å². The van der Waals surface area contributed by atoms with Gasteiger partial charge < -0.3 is 0 Å². The molecule has 112 valence electrons. The van der Waals surface area contributed by atoms with Crippen molar-refractivity contribution in [3.05, 3.63) is 64.6 Å². The Bertz CT molecular complexity index is 957. The van der Waals surface area contributed by atoms with Crippen LogP contribution in [0.5, 0.6) is 0 Å². The summed E-state index contributed by atoms with van der Waals surface area (Å²) in [5.74, 6) is 0.399. The van der Waals surface area contributed by atoms with Gasteiger partial charge in [0.2, 0.25) is 0 Å². The maximum atomic E-state index is 5.06. The van der Waals surface area contributed by atoms with Crippen LogP contribution in [0.1, 0.15) is 47.7 Å². The van der Waals surface area contributed by atoms with E-state index in [-0.39, 0.29) is 0 Å². The first kappa shape index (κ1) is 12.9. The van der Waals surface area contributed by atoms with Crippen LogP contribution in [0.4, 0.5) is 0 Å². The summed E-state index contributed by atoms with van der Waals surface area (Å²) in [6.07, 6.45) is 5.64. The zero-order chi connectivity index (χ0) is 15.6. The zero-order valence-electron chi connectivity index (χ0n) is 13.3. The Morgan fingerprint density at radius 2 is 1.48 bits per heavy atom. The van der Waals surface area contributed by atoms with E-state index < -0.39 is 0 Å². The zero-order valence-corrected chi connectivity index (χ0v) is 13.3. The molecule has 0 amide bonds. The molecule has 0 fully saturated rings. The van der Waals surface area contributed by atoms with Gasteiger partial charge in [0.15, 0.2) is 0 Å². The van der Waals surface area contributed by atoms with E-state index in [1.54, 1.807) is 0 Å². The second-order valence-corrected chi connectivity index (χ2v) is 6.71. The maximum absolute atomic E-state index is 5.06. The fourth-order valence-electron chi connectivity index (χ4n) is 3.98. The SMILES string of the molecule is CC(C)c1nc2c(c3c1Cc1cccnc1-3)Cc1cccnc1-2. The molecular formula is C20H17N3. The van der Waals surface area contributed by atoms with E-state index in [2.05, 4.69) is 31.0 Å². The highest BCUT2D eigenvalue weighted by Crippen LogP contribution is 2.47. The van der Waals surface area contributed by atoms with E-state index in [0.717, 1.165) is 29.9 Å². The number of fused-ring (bicyclic) bond motifs is 7. The molecule has 3 heterocycles. The highest BCUT2D eigenvalue weighted by molar-refractivity contribution is 5.86. The molecule has 0 atom stereocenters. The van der Waals surface area contributed by atoms with Crippen LogP contribution in [0.15, 0.2) is 36.7 Å². The Hall–Kier alpha value is -2.55. The molecule has 0 N–H and O–H groups in total. The Morgan fingerprint density at radius 1 is 0.826 bits per heavy atom. The summed E-state index contributed by atoms with van der Waals surface area (Å²) in [5, 5.41) is 0. The molecule has 2 aliphatic carbocycles. The predicted molar refractivity (Wildman–Crippen MR) is 90.4 cm³/mol. The van der Waals surface area contributed by atoms with Gasteiger partial charge in [0, 0.05) is 36.5 Å². The van der Waals surface area contributed by atoms with Crippen molar-refractivity contribution in [2.24, 2.45) is 0 Å². The molecule has 23 heavy (non-hydrogen) atoms. The molecule has 0 spiro atoms. The van der Waals surface area contributed by atoms with Gasteiger partial charge in [0.1, 0.15) is 0 Å². The Labute approximate surface area is 135 Å². The number of rotatable bonds is 1. The van der Waals surface area contributed by atoms with Gasteiger partial charge in [-0.3, -0.25) is 15.0 Å². The summed E-state index contributed by atoms with van der Waals surface area (Å²) in [5.41, 5.74) is 11.1. The smallest absolute Gasteiger partial charge is 0.0934 e. The minimum Gasteiger partial charge on any atom is -0.256 e. The highest BCUT2D eigenvalue weighted by Gasteiger charge is 2.33. The third kappa shape index (κ3) is 1.68. The molecule has 3 aromatic rings. The Morgan fingerprint density at radius 3 is 2.22 bits per heavy atom. The molecular weight excluding hydrogens is 282 g/mol. The van der Waals surface area contributed by atoms with Crippen LogP contribution < -0.4 is 0 Å². The van der Waals surface area contributed by atoms with Gasteiger partial charge in [-0.05, 0) is 40.3 Å². The van der Waals surface area contributed by atoms with Gasteiger partial charge in [-0.25, -0.2) is 0 Å². The minimum absolute atomic E-state index is 0.399. The number of nitrogens with zero attached hydrogens (tertiary/aromatic N) is 3. The van der Waals surface area contributed by atoms with Crippen LogP contribution in [0.25, 0.3) is 22.6 Å². The number of aromatic nitrogens is 3. The number of pyridine rings is 3. The van der Waals surface area contributed by atoms with Crippen molar-refractivity contribution in [1.82, 2.24) is 15.0 Å². The van der Waals surface area contributed by atoms with Crippen molar-refractivity contribution < 1.29 is 0 Å². The summed E-state index contributed by atoms with van der Waals surface area (Å²) < 4.78 is 0. The fraction of sp³-hybridized carbons (Fsp3) is 0.250. The van der Waals surface area contributed by atoms with E-state index in [9.17, 15) is 0 Å². The standard InChI is InChI=1S/C20H17N3/c1-11(2)17-14-9-12-5-3-7-21-18(12)16(14)15-10-13-6-4-8-22-19(13)20(15)23-17/h3-8,11H,9-10H2,1-2H3. The molecule has 2 aliphatic rings. The molecule has 0 saturated carbocycles. The molecule has 0 radical (unpaired) electrons. The number of hydrogen-bond acceptors (Lipinski definition) is 3. The van der Waals surface area contributed by atoms with Crippen LogP contribution in [0.3, 0.4) is 0 Å². The lowest BCUT2D eigenvalue weighted by Gasteiger charge is -2.15. The first-order valence-corrected chi connectivity index (χ1v) is 8.18. The van der Waals surface area contributed by atoms with Crippen molar-refractivity contribution >= 4 is 0 Å². The lowest BCUT2D eigenvalue weighted by atomic mass is 9.95. The molecule has 0 unspecified atom stereocenters. The predicted octanol–water partition coefficient (Wildman–Crippen LogP) is 4.14. The van der Waals surface area contributed by atoms with Crippen LogP contribution in [0, 0.1) is 0 Å². The summed E-state index contributed by atoms with van der Waals surface area (Å²) in [7, 11) is 0. The fourth-order valence-corrected chi connectivity index (χ4v) is 3.98. The largest absolute Gasteiger partial charge is 0.256 e. The average Bonchev–Trinajstić information content (AvgIpc) is 3.11. The summed E-state index contributed by atoms with van der Waals surface area (Å²) in [4.78, 5) is 14.4. The lowest BCUT2D eigenvalue weighted by molar-refractivity contribution is 0.808. The third-order valence-corrected chi connectivity index (χ3v) is 4.96. The average molecular weight is 299 g/mol. The summed E-state index contributed by atoms with van der Waals surface area (Å²) in [6.45, 7) is 4.44. The van der Waals surface area contributed by atoms with E-state index in [1.807, 2.05) is 24.5 Å². The number of hydrogen-bond donors (Lipinski definition) is 0. The first-order valence-electron chi connectivity index (χ1n) is 8.18. The van der Waals surface area contributed by atoms with Crippen molar-refractivity contribution in [1.29, 1.82) is 0 Å². The van der Waals surface area contributed by atoms with Gasteiger partial charge in [-0.1, -0.05) is 26.0 Å². The first-order chi connectivity index (χ1) is 11.2. The molecule has 3 aromatic heterocycles.